The highest BCUT2D eigenvalue weighted by molar-refractivity contribution is 5.74. The molecule has 0 aromatic carbocycles. The lowest BCUT2D eigenvalue weighted by molar-refractivity contribution is -0.193. The van der Waals surface area contributed by atoms with Crippen LogP contribution in [0.3, 0.4) is 0 Å². The van der Waals surface area contributed by atoms with Crippen LogP contribution < -0.4 is 0 Å². The van der Waals surface area contributed by atoms with Gasteiger partial charge in [0.25, 0.3) is 0 Å². The van der Waals surface area contributed by atoms with Gasteiger partial charge in [0.05, 0.1) is 12.6 Å². The summed E-state index contributed by atoms with van der Waals surface area (Å²) in [6, 6.07) is 0. The highest BCUT2D eigenvalue weighted by Gasteiger charge is 2.57. The summed E-state index contributed by atoms with van der Waals surface area (Å²) in [5.74, 6) is -1.95. The summed E-state index contributed by atoms with van der Waals surface area (Å²) in [7, 11) is 0. The molecule has 4 atom stereocenters. The van der Waals surface area contributed by atoms with Gasteiger partial charge in [-0.3, -0.25) is 0 Å². The number of ether oxygens (including phenoxy) is 3. The molecular weight excluding hydrogens is 230 g/mol. The molecule has 2 saturated heterocycles. The van der Waals surface area contributed by atoms with Gasteiger partial charge in [-0.25, -0.2) is 4.79 Å². The molecule has 2 fully saturated rings. The molecule has 8 heteroatoms. The van der Waals surface area contributed by atoms with E-state index < -0.39 is 36.2 Å². The first-order chi connectivity index (χ1) is 7.94. The van der Waals surface area contributed by atoms with Crippen molar-refractivity contribution < 1.29 is 24.1 Å². The molecule has 0 aliphatic carbocycles. The van der Waals surface area contributed by atoms with Crippen molar-refractivity contribution in [1.82, 2.24) is 0 Å². The minimum Gasteiger partial charge on any atom is -0.479 e. The Bertz CT molecular complexity index is 379. The first kappa shape index (κ1) is 12.1. The van der Waals surface area contributed by atoms with Gasteiger partial charge in [0.15, 0.2) is 11.9 Å². The molecule has 0 bridgehead atoms. The minimum absolute atomic E-state index is 0.0287. The zero-order valence-corrected chi connectivity index (χ0v) is 9.44. The number of fused-ring (bicyclic) bond motifs is 1. The standard InChI is InChI=1S/C9H13N3O5/c1-9(2)16-5-4(3-11-12-10)15-7(8(13)14)6(5)17-9/h4-7H,3H2,1-2H3,(H,13,14)/t4-,5+,6+,7-/m1/s1. The van der Waals surface area contributed by atoms with E-state index in [4.69, 9.17) is 24.8 Å². The first-order valence-corrected chi connectivity index (χ1v) is 5.19. The van der Waals surface area contributed by atoms with Crippen molar-refractivity contribution in [1.29, 1.82) is 0 Å². The van der Waals surface area contributed by atoms with E-state index in [1.54, 1.807) is 13.8 Å². The van der Waals surface area contributed by atoms with Crippen LogP contribution in [-0.2, 0) is 19.0 Å². The number of carboxylic acids is 1. The Balaban J connectivity index is 2.17. The summed E-state index contributed by atoms with van der Waals surface area (Å²) >= 11 is 0. The minimum atomic E-state index is -1.11. The van der Waals surface area contributed by atoms with Crippen molar-refractivity contribution in [2.45, 2.75) is 44.1 Å². The third kappa shape index (κ3) is 2.20. The summed E-state index contributed by atoms with van der Waals surface area (Å²) in [6.45, 7) is 3.44. The molecule has 2 rings (SSSR count). The van der Waals surface area contributed by atoms with E-state index in [2.05, 4.69) is 10.0 Å². The number of rotatable bonds is 3. The number of aliphatic carboxylic acids is 1. The largest absolute Gasteiger partial charge is 0.479 e. The smallest absolute Gasteiger partial charge is 0.335 e. The van der Waals surface area contributed by atoms with Crippen molar-refractivity contribution in [3.8, 4) is 0 Å². The van der Waals surface area contributed by atoms with E-state index in [0.29, 0.717) is 0 Å². The second kappa shape index (κ2) is 4.15. The number of carboxylic acid groups (broad SMARTS) is 1. The molecule has 0 amide bonds. The van der Waals surface area contributed by atoms with Crippen molar-refractivity contribution in [2.75, 3.05) is 6.54 Å². The monoisotopic (exact) mass is 243 g/mol. The van der Waals surface area contributed by atoms with Crippen molar-refractivity contribution in [3.63, 3.8) is 0 Å². The Labute approximate surface area is 97.1 Å². The molecule has 0 spiro atoms. The number of hydrogen-bond donors (Lipinski definition) is 1. The fraction of sp³-hybridized carbons (Fsp3) is 0.889. The molecular formula is C9H13N3O5. The Morgan fingerprint density at radius 1 is 1.47 bits per heavy atom. The Morgan fingerprint density at radius 3 is 2.71 bits per heavy atom. The third-order valence-corrected chi connectivity index (χ3v) is 2.72. The van der Waals surface area contributed by atoms with Crippen molar-refractivity contribution in [2.24, 2.45) is 5.11 Å². The fourth-order valence-electron chi connectivity index (χ4n) is 2.14. The number of carbonyl (C=O) groups is 1. The zero-order chi connectivity index (χ0) is 12.6. The maximum atomic E-state index is 11.0. The second-order valence-corrected chi connectivity index (χ2v) is 4.41. The fourth-order valence-corrected chi connectivity index (χ4v) is 2.14. The van der Waals surface area contributed by atoms with E-state index in [0.717, 1.165) is 0 Å². The Hall–Kier alpha value is -1.34. The second-order valence-electron chi connectivity index (χ2n) is 4.41. The first-order valence-electron chi connectivity index (χ1n) is 5.19. The average Bonchev–Trinajstić information content (AvgIpc) is 2.68. The molecule has 94 valence electrons. The lowest BCUT2D eigenvalue weighted by Crippen LogP contribution is -2.35. The van der Waals surface area contributed by atoms with Crippen LogP contribution in [0, 0.1) is 0 Å². The number of nitrogens with zero attached hydrogens (tertiary/aromatic N) is 3. The van der Waals surface area contributed by atoms with Crippen LogP contribution in [0.4, 0.5) is 0 Å². The van der Waals surface area contributed by atoms with E-state index in [1.165, 1.54) is 0 Å². The summed E-state index contributed by atoms with van der Waals surface area (Å²) < 4.78 is 16.3. The van der Waals surface area contributed by atoms with Crippen LogP contribution in [-0.4, -0.2) is 47.8 Å². The number of azide groups is 1. The molecule has 0 aromatic heterocycles. The van der Waals surface area contributed by atoms with E-state index in [9.17, 15) is 4.79 Å². The van der Waals surface area contributed by atoms with Gasteiger partial charge < -0.3 is 19.3 Å². The lowest BCUT2D eigenvalue weighted by Gasteiger charge is -2.22. The SMILES string of the molecule is CC1(C)O[C@@H]2[C@H](O1)[C@H](C(=O)O)O[C@@H]2CN=[N+]=[N-]. The summed E-state index contributed by atoms with van der Waals surface area (Å²) in [4.78, 5) is 13.6. The van der Waals surface area contributed by atoms with Crippen LogP contribution in [0.2, 0.25) is 0 Å². The van der Waals surface area contributed by atoms with Gasteiger partial charge in [-0.05, 0) is 19.4 Å². The van der Waals surface area contributed by atoms with Gasteiger partial charge in [-0.1, -0.05) is 5.11 Å². The van der Waals surface area contributed by atoms with Gasteiger partial charge in [0.2, 0.25) is 0 Å². The summed E-state index contributed by atoms with van der Waals surface area (Å²) in [5, 5.41) is 12.4. The van der Waals surface area contributed by atoms with Gasteiger partial charge in [-0.15, -0.1) is 0 Å². The van der Waals surface area contributed by atoms with Crippen LogP contribution in [0.15, 0.2) is 5.11 Å². The molecule has 2 aliphatic rings. The molecule has 0 aromatic rings. The Kier molecular flexibility index (Phi) is 2.96. The quantitative estimate of drug-likeness (QED) is 0.444. The molecule has 1 N–H and O–H groups in total. The molecule has 8 nitrogen and oxygen atoms in total. The van der Waals surface area contributed by atoms with E-state index in [-0.39, 0.29) is 6.54 Å². The highest BCUT2D eigenvalue weighted by atomic mass is 16.8. The maximum Gasteiger partial charge on any atom is 0.335 e. The predicted octanol–water partition coefficient (Wildman–Crippen LogP) is 0.669. The van der Waals surface area contributed by atoms with Gasteiger partial charge in [0, 0.05) is 4.91 Å². The van der Waals surface area contributed by atoms with Crippen molar-refractivity contribution in [3.05, 3.63) is 10.4 Å². The van der Waals surface area contributed by atoms with E-state index in [1.807, 2.05) is 0 Å². The third-order valence-electron chi connectivity index (χ3n) is 2.72. The molecule has 0 unspecified atom stereocenters. The summed E-state index contributed by atoms with van der Waals surface area (Å²) in [5.41, 5.74) is 8.26. The molecule has 2 heterocycles. The topological polar surface area (TPSA) is 114 Å². The van der Waals surface area contributed by atoms with E-state index >= 15 is 0 Å². The van der Waals surface area contributed by atoms with Crippen LogP contribution in [0.25, 0.3) is 10.4 Å². The van der Waals surface area contributed by atoms with Crippen LogP contribution in [0.1, 0.15) is 13.8 Å². The van der Waals surface area contributed by atoms with Crippen LogP contribution in [0.5, 0.6) is 0 Å². The van der Waals surface area contributed by atoms with Gasteiger partial charge in [0.1, 0.15) is 12.2 Å². The number of hydrogen-bond acceptors (Lipinski definition) is 5. The Morgan fingerprint density at radius 2 is 2.12 bits per heavy atom. The zero-order valence-electron chi connectivity index (χ0n) is 9.44. The van der Waals surface area contributed by atoms with Gasteiger partial charge in [-0.2, -0.15) is 0 Å². The molecule has 0 saturated carbocycles. The van der Waals surface area contributed by atoms with Crippen molar-refractivity contribution >= 4 is 5.97 Å². The average molecular weight is 243 g/mol. The summed E-state index contributed by atoms with van der Waals surface area (Å²) in [6.07, 6.45) is -2.85. The molecule has 0 radical (unpaired) electrons. The molecule has 17 heavy (non-hydrogen) atoms. The predicted molar refractivity (Wildman–Crippen MR) is 54.1 cm³/mol. The highest BCUT2D eigenvalue weighted by Crippen LogP contribution is 2.38. The normalized spacial score (nSPS) is 38.5. The molecule has 2 aliphatic heterocycles. The van der Waals surface area contributed by atoms with Crippen LogP contribution >= 0.6 is 0 Å². The lowest BCUT2D eigenvalue weighted by atomic mass is 10.1. The maximum absolute atomic E-state index is 11.0. The van der Waals surface area contributed by atoms with Gasteiger partial charge >= 0.3 is 5.97 Å².